The minimum Gasteiger partial charge on any atom is -0.393 e. The SMILES string of the molecule is CC(C)Nc1ncc2nc(Nc3c(F)cccc3F)n([C@H]3CC[C@H](O)CC3)c2n1. The van der Waals surface area contributed by atoms with Crippen molar-refractivity contribution in [3.05, 3.63) is 36.0 Å². The summed E-state index contributed by atoms with van der Waals surface area (Å²) in [6.45, 7) is 3.97. The Morgan fingerprint density at radius 3 is 2.45 bits per heavy atom. The van der Waals surface area contributed by atoms with Gasteiger partial charge in [0.2, 0.25) is 11.9 Å². The van der Waals surface area contributed by atoms with Gasteiger partial charge in [-0.25, -0.2) is 18.7 Å². The van der Waals surface area contributed by atoms with E-state index in [1.807, 2.05) is 18.4 Å². The van der Waals surface area contributed by atoms with E-state index in [0.29, 0.717) is 35.9 Å². The summed E-state index contributed by atoms with van der Waals surface area (Å²) < 4.78 is 30.3. The van der Waals surface area contributed by atoms with Crippen molar-refractivity contribution in [2.24, 2.45) is 0 Å². The number of aliphatic hydroxyl groups excluding tert-OH is 1. The van der Waals surface area contributed by atoms with E-state index in [9.17, 15) is 13.9 Å². The van der Waals surface area contributed by atoms with Crippen LogP contribution in [0.1, 0.15) is 45.6 Å². The third kappa shape index (κ3) is 4.00. The van der Waals surface area contributed by atoms with Gasteiger partial charge in [-0.05, 0) is 51.7 Å². The minimum atomic E-state index is -0.698. The number of aliphatic hydroxyl groups is 1. The Bertz CT molecular complexity index is 993. The third-order valence-electron chi connectivity index (χ3n) is 5.08. The molecule has 0 spiro atoms. The molecule has 2 heterocycles. The van der Waals surface area contributed by atoms with Crippen LogP contribution in [0.2, 0.25) is 0 Å². The van der Waals surface area contributed by atoms with Crippen LogP contribution in [0, 0.1) is 11.6 Å². The van der Waals surface area contributed by atoms with Gasteiger partial charge in [0.05, 0.1) is 12.3 Å². The van der Waals surface area contributed by atoms with Gasteiger partial charge in [-0.2, -0.15) is 4.98 Å². The van der Waals surface area contributed by atoms with Crippen LogP contribution in [0.3, 0.4) is 0 Å². The summed E-state index contributed by atoms with van der Waals surface area (Å²) in [5, 5.41) is 15.9. The zero-order valence-electron chi connectivity index (χ0n) is 16.4. The maximum Gasteiger partial charge on any atom is 0.224 e. The fourth-order valence-electron chi connectivity index (χ4n) is 3.70. The first-order valence-corrected chi connectivity index (χ1v) is 9.83. The third-order valence-corrected chi connectivity index (χ3v) is 5.08. The van der Waals surface area contributed by atoms with E-state index in [2.05, 4.69) is 25.6 Å². The molecule has 154 valence electrons. The summed E-state index contributed by atoms with van der Waals surface area (Å²) >= 11 is 0. The number of hydrogen-bond donors (Lipinski definition) is 3. The minimum absolute atomic E-state index is 0.00235. The predicted molar refractivity (Wildman–Crippen MR) is 107 cm³/mol. The molecule has 4 rings (SSSR count). The summed E-state index contributed by atoms with van der Waals surface area (Å²) in [4.78, 5) is 13.4. The Hall–Kier alpha value is -2.81. The normalized spacial score (nSPS) is 19.7. The first kappa shape index (κ1) is 19.5. The lowest BCUT2D eigenvalue weighted by Crippen LogP contribution is -2.22. The summed E-state index contributed by atoms with van der Waals surface area (Å²) in [5.74, 6) is -0.624. The maximum atomic E-state index is 14.2. The van der Waals surface area contributed by atoms with E-state index in [4.69, 9.17) is 0 Å². The van der Waals surface area contributed by atoms with Gasteiger partial charge in [0.1, 0.15) is 22.8 Å². The molecule has 1 fully saturated rings. The lowest BCUT2D eigenvalue weighted by atomic mass is 9.93. The van der Waals surface area contributed by atoms with Gasteiger partial charge in [0.25, 0.3) is 0 Å². The molecule has 3 aromatic rings. The van der Waals surface area contributed by atoms with Crippen LogP contribution >= 0.6 is 0 Å². The molecule has 1 aliphatic carbocycles. The Kier molecular flexibility index (Phi) is 5.31. The standard InChI is InChI=1S/C20H24F2N6O/c1-11(2)24-19-23-10-16-18(27-19)28(12-6-8-13(29)9-7-12)20(25-16)26-17-14(21)4-3-5-15(17)22/h3-5,10-13,29H,6-9H2,1-2H3,(H,25,26)(H,23,24,27)/t12-,13-. The molecular formula is C20H24F2N6O. The second-order valence-electron chi connectivity index (χ2n) is 7.69. The summed E-state index contributed by atoms with van der Waals surface area (Å²) in [5.41, 5.74) is 0.863. The fourth-order valence-corrected chi connectivity index (χ4v) is 3.70. The predicted octanol–water partition coefficient (Wildman–Crippen LogP) is 4.14. The van der Waals surface area contributed by atoms with Crippen molar-refractivity contribution in [3.63, 3.8) is 0 Å². The molecular weight excluding hydrogens is 378 g/mol. The van der Waals surface area contributed by atoms with E-state index >= 15 is 0 Å². The second kappa shape index (κ2) is 7.90. The number of anilines is 3. The molecule has 0 aliphatic heterocycles. The fraction of sp³-hybridized carbons (Fsp3) is 0.450. The van der Waals surface area contributed by atoms with Crippen molar-refractivity contribution in [3.8, 4) is 0 Å². The lowest BCUT2D eigenvalue weighted by Gasteiger charge is -2.28. The van der Waals surface area contributed by atoms with E-state index in [1.165, 1.54) is 18.2 Å². The van der Waals surface area contributed by atoms with Crippen molar-refractivity contribution >= 4 is 28.7 Å². The highest BCUT2D eigenvalue weighted by Gasteiger charge is 2.27. The van der Waals surface area contributed by atoms with Crippen molar-refractivity contribution in [2.45, 2.75) is 57.7 Å². The summed E-state index contributed by atoms with van der Waals surface area (Å²) in [6.07, 6.45) is 4.02. The quantitative estimate of drug-likeness (QED) is 0.594. The molecule has 29 heavy (non-hydrogen) atoms. The largest absolute Gasteiger partial charge is 0.393 e. The first-order chi connectivity index (χ1) is 13.9. The highest BCUT2D eigenvalue weighted by Crippen LogP contribution is 2.35. The molecule has 1 aliphatic rings. The molecule has 0 bridgehead atoms. The van der Waals surface area contributed by atoms with Crippen LogP contribution in [0.15, 0.2) is 24.4 Å². The van der Waals surface area contributed by atoms with Gasteiger partial charge >= 0.3 is 0 Å². The number of hydrogen-bond acceptors (Lipinski definition) is 6. The molecule has 0 amide bonds. The molecule has 0 saturated heterocycles. The molecule has 7 nitrogen and oxygen atoms in total. The van der Waals surface area contributed by atoms with E-state index < -0.39 is 11.6 Å². The Morgan fingerprint density at radius 1 is 1.10 bits per heavy atom. The maximum absolute atomic E-state index is 14.2. The molecule has 2 aromatic heterocycles. The number of rotatable bonds is 5. The number of nitrogens with zero attached hydrogens (tertiary/aromatic N) is 4. The lowest BCUT2D eigenvalue weighted by molar-refractivity contribution is 0.112. The number of para-hydroxylation sites is 1. The van der Waals surface area contributed by atoms with Crippen LogP contribution in [0.4, 0.5) is 26.4 Å². The van der Waals surface area contributed by atoms with Crippen LogP contribution < -0.4 is 10.6 Å². The number of fused-ring (bicyclic) bond motifs is 1. The van der Waals surface area contributed by atoms with Crippen LogP contribution in [-0.4, -0.2) is 36.8 Å². The Labute approximate surface area is 167 Å². The Balaban J connectivity index is 1.80. The van der Waals surface area contributed by atoms with Crippen molar-refractivity contribution in [1.82, 2.24) is 19.5 Å². The average Bonchev–Trinajstić information content (AvgIpc) is 3.02. The highest BCUT2D eigenvalue weighted by molar-refractivity contribution is 5.76. The molecule has 0 radical (unpaired) electrons. The van der Waals surface area contributed by atoms with Gasteiger partial charge in [0, 0.05) is 12.1 Å². The number of halogens is 2. The van der Waals surface area contributed by atoms with Gasteiger partial charge in [-0.15, -0.1) is 0 Å². The van der Waals surface area contributed by atoms with Crippen LogP contribution in [-0.2, 0) is 0 Å². The van der Waals surface area contributed by atoms with Crippen molar-refractivity contribution in [1.29, 1.82) is 0 Å². The molecule has 0 atom stereocenters. The zero-order chi connectivity index (χ0) is 20.5. The Morgan fingerprint density at radius 2 is 1.79 bits per heavy atom. The van der Waals surface area contributed by atoms with Crippen molar-refractivity contribution in [2.75, 3.05) is 10.6 Å². The molecule has 1 aromatic carbocycles. The molecule has 1 saturated carbocycles. The molecule has 0 unspecified atom stereocenters. The summed E-state index contributed by atoms with van der Waals surface area (Å²) in [6, 6.07) is 3.86. The zero-order valence-corrected chi connectivity index (χ0v) is 16.4. The molecule has 3 N–H and O–H groups in total. The summed E-state index contributed by atoms with van der Waals surface area (Å²) in [7, 11) is 0. The first-order valence-electron chi connectivity index (χ1n) is 9.83. The monoisotopic (exact) mass is 402 g/mol. The smallest absolute Gasteiger partial charge is 0.224 e. The van der Waals surface area contributed by atoms with Gasteiger partial charge in [-0.1, -0.05) is 6.07 Å². The van der Waals surface area contributed by atoms with Gasteiger partial charge in [0.15, 0.2) is 5.65 Å². The van der Waals surface area contributed by atoms with E-state index in [0.717, 1.165) is 12.8 Å². The van der Waals surface area contributed by atoms with E-state index in [-0.39, 0.29) is 23.9 Å². The van der Waals surface area contributed by atoms with Crippen LogP contribution in [0.25, 0.3) is 11.2 Å². The van der Waals surface area contributed by atoms with Gasteiger partial charge < -0.3 is 15.7 Å². The van der Waals surface area contributed by atoms with Crippen LogP contribution in [0.5, 0.6) is 0 Å². The van der Waals surface area contributed by atoms with E-state index in [1.54, 1.807) is 6.20 Å². The average molecular weight is 402 g/mol. The number of benzene rings is 1. The number of aromatic nitrogens is 4. The van der Waals surface area contributed by atoms with Gasteiger partial charge in [-0.3, -0.25) is 4.57 Å². The number of imidazole rings is 1. The second-order valence-corrected chi connectivity index (χ2v) is 7.69. The van der Waals surface area contributed by atoms with Crippen molar-refractivity contribution < 1.29 is 13.9 Å². The number of nitrogens with one attached hydrogen (secondary N) is 2. The topological polar surface area (TPSA) is 87.9 Å². The molecule has 9 heteroatoms. The highest BCUT2D eigenvalue weighted by atomic mass is 19.1.